The average molecular weight is 584 g/mol. The van der Waals surface area contributed by atoms with Gasteiger partial charge >= 0.3 is 11.9 Å². The average Bonchev–Trinajstić information content (AvgIpc) is 3.00. The van der Waals surface area contributed by atoms with Gasteiger partial charge in [-0.3, -0.25) is 9.59 Å². The highest BCUT2D eigenvalue weighted by atomic mass is 16.5. The van der Waals surface area contributed by atoms with E-state index in [0.29, 0.717) is 34.8 Å². The predicted octanol–water partition coefficient (Wildman–Crippen LogP) is 6.16. The van der Waals surface area contributed by atoms with Crippen LogP contribution in [-0.2, 0) is 26.3 Å². The minimum Gasteiger partial charge on any atom is -0.497 e. The Balaban J connectivity index is 1.05. The van der Waals surface area contributed by atoms with Crippen molar-refractivity contribution < 1.29 is 33.7 Å². The van der Waals surface area contributed by atoms with Gasteiger partial charge < -0.3 is 24.6 Å². The molecule has 0 heterocycles. The van der Waals surface area contributed by atoms with Gasteiger partial charge in [0.1, 0.15) is 18.1 Å². The van der Waals surface area contributed by atoms with E-state index in [4.69, 9.17) is 14.2 Å². The van der Waals surface area contributed by atoms with Crippen molar-refractivity contribution in [2.75, 3.05) is 19.0 Å². The van der Waals surface area contributed by atoms with Crippen molar-refractivity contribution in [3.63, 3.8) is 0 Å². The summed E-state index contributed by atoms with van der Waals surface area (Å²) in [6.45, 7) is 1.76. The van der Waals surface area contributed by atoms with Crippen molar-refractivity contribution in [1.29, 1.82) is 0 Å². The summed E-state index contributed by atoms with van der Waals surface area (Å²) in [5, 5.41) is 12.1. The quantitative estimate of drug-likeness (QED) is 0.275. The van der Waals surface area contributed by atoms with E-state index in [0.717, 1.165) is 43.4 Å². The van der Waals surface area contributed by atoms with Crippen LogP contribution in [0.1, 0.15) is 59.2 Å². The first-order valence-corrected chi connectivity index (χ1v) is 14.9. The van der Waals surface area contributed by atoms with Gasteiger partial charge in [0.15, 0.2) is 6.61 Å². The third kappa shape index (κ3) is 5.83. The zero-order valence-corrected chi connectivity index (χ0v) is 24.5. The number of benzene rings is 3. The molecule has 8 nitrogen and oxygen atoms in total. The summed E-state index contributed by atoms with van der Waals surface area (Å²) in [5.74, 6) is 1.17. The van der Waals surface area contributed by atoms with Crippen molar-refractivity contribution in [1.82, 2.24) is 0 Å². The van der Waals surface area contributed by atoms with Gasteiger partial charge in [0, 0.05) is 5.69 Å². The highest BCUT2D eigenvalue weighted by molar-refractivity contribution is 5.96. The maximum Gasteiger partial charge on any atom is 0.336 e. The molecular formula is C35H37NO7. The molecule has 0 aromatic heterocycles. The highest BCUT2D eigenvalue weighted by Crippen LogP contribution is 2.63. The molecule has 4 bridgehead atoms. The first kappa shape index (κ1) is 28.8. The molecule has 2 N–H and O–H groups in total. The predicted molar refractivity (Wildman–Crippen MR) is 160 cm³/mol. The summed E-state index contributed by atoms with van der Waals surface area (Å²) in [6.07, 6.45) is 5.29. The molecule has 3 aromatic rings. The molecule has 0 saturated heterocycles. The van der Waals surface area contributed by atoms with E-state index < -0.39 is 5.97 Å². The number of rotatable bonds is 10. The molecule has 0 aliphatic heterocycles. The van der Waals surface area contributed by atoms with Crippen molar-refractivity contribution in [2.45, 2.75) is 51.0 Å². The maximum absolute atomic E-state index is 13.3. The Hall–Kier alpha value is -4.33. The van der Waals surface area contributed by atoms with E-state index in [-0.39, 0.29) is 42.0 Å². The Morgan fingerprint density at radius 2 is 1.58 bits per heavy atom. The Morgan fingerprint density at radius 1 is 0.907 bits per heavy atom. The van der Waals surface area contributed by atoms with Crippen LogP contribution < -0.4 is 14.8 Å². The molecule has 8 heteroatoms. The molecule has 4 aliphatic rings. The van der Waals surface area contributed by atoms with Gasteiger partial charge in [-0.25, -0.2) is 4.79 Å². The lowest BCUT2D eigenvalue weighted by Crippen LogP contribution is -2.55. The second-order valence-electron chi connectivity index (χ2n) is 12.4. The number of carbonyl (C=O) groups excluding carboxylic acids is 2. The number of anilines is 1. The Labute approximate surface area is 251 Å². The van der Waals surface area contributed by atoms with Crippen LogP contribution in [0.25, 0.3) is 0 Å². The van der Waals surface area contributed by atoms with E-state index in [9.17, 15) is 19.5 Å². The van der Waals surface area contributed by atoms with Crippen molar-refractivity contribution in [3.8, 4) is 11.5 Å². The van der Waals surface area contributed by atoms with Crippen LogP contribution in [-0.4, -0.2) is 36.7 Å². The maximum atomic E-state index is 13.3. The smallest absolute Gasteiger partial charge is 0.336 e. The zero-order chi connectivity index (χ0) is 30.1. The number of carboxylic acid groups (broad SMARTS) is 1. The molecule has 0 radical (unpaired) electrons. The molecule has 43 heavy (non-hydrogen) atoms. The Bertz CT molecular complexity index is 1500. The Morgan fingerprint density at radius 3 is 2.23 bits per heavy atom. The molecule has 1 amide bonds. The minimum atomic E-state index is -1.04. The largest absolute Gasteiger partial charge is 0.497 e. The molecular weight excluding hydrogens is 546 g/mol. The van der Waals surface area contributed by atoms with E-state index in [1.54, 1.807) is 26.2 Å². The van der Waals surface area contributed by atoms with Gasteiger partial charge in [0.25, 0.3) is 5.91 Å². The fourth-order valence-corrected chi connectivity index (χ4v) is 7.98. The SMILES string of the molecule is COc1ccc(COC(=O)C2C3CC4CC2CC(c2ccc(OCC(=O)Nc5cccc(C(=O)O)c5C)cc2)(C4)C3)cc1. The number of nitrogens with one attached hydrogen (secondary N) is 1. The molecule has 0 spiro atoms. The van der Waals surface area contributed by atoms with E-state index in [1.807, 2.05) is 36.4 Å². The molecule has 224 valence electrons. The van der Waals surface area contributed by atoms with Gasteiger partial charge in [-0.05, 0) is 115 Å². The van der Waals surface area contributed by atoms with Gasteiger partial charge in [-0.1, -0.05) is 30.3 Å². The third-order valence-electron chi connectivity index (χ3n) is 9.76. The first-order chi connectivity index (χ1) is 20.7. The van der Waals surface area contributed by atoms with Crippen molar-refractivity contribution >= 4 is 23.5 Å². The molecule has 4 saturated carbocycles. The van der Waals surface area contributed by atoms with E-state index >= 15 is 0 Å². The summed E-state index contributed by atoms with van der Waals surface area (Å²) in [7, 11) is 1.63. The fraction of sp³-hybridized carbons (Fsp3) is 0.400. The van der Waals surface area contributed by atoms with Gasteiger partial charge in [0.05, 0.1) is 18.6 Å². The topological polar surface area (TPSA) is 111 Å². The first-order valence-electron chi connectivity index (χ1n) is 14.9. The molecule has 2 unspecified atom stereocenters. The number of ether oxygens (including phenoxy) is 3. The van der Waals surface area contributed by atoms with Crippen molar-refractivity contribution in [2.24, 2.45) is 23.7 Å². The number of hydrogen-bond donors (Lipinski definition) is 2. The van der Waals surface area contributed by atoms with Crippen LogP contribution in [0.15, 0.2) is 66.7 Å². The number of hydrogen-bond acceptors (Lipinski definition) is 6. The minimum absolute atomic E-state index is 0.0381. The number of amides is 1. The normalized spacial score (nSPS) is 25.2. The summed E-state index contributed by atoms with van der Waals surface area (Å²) in [6, 6.07) is 20.4. The molecule has 4 fully saturated rings. The van der Waals surface area contributed by atoms with Gasteiger partial charge in [-0.15, -0.1) is 0 Å². The summed E-state index contributed by atoms with van der Waals surface area (Å²) in [5.41, 5.74) is 3.39. The molecule has 4 aliphatic carbocycles. The summed E-state index contributed by atoms with van der Waals surface area (Å²) >= 11 is 0. The Kier molecular flexibility index (Phi) is 7.86. The number of methoxy groups -OCH3 is 1. The van der Waals surface area contributed by atoms with Gasteiger partial charge in [0.2, 0.25) is 0 Å². The lowest BCUT2D eigenvalue weighted by Gasteiger charge is -2.59. The standard InChI is InChI=1S/C35H37NO7/c1-21-29(33(38)39)4-3-5-30(21)36-31(37)20-42-28-12-8-26(9-13-28)35-16-23-14-24(17-35)32(25(15-23)18-35)34(40)43-19-22-6-10-27(41-2)11-7-22/h3-13,23-25,32H,14-20H2,1-2H3,(H,36,37)(H,38,39). The van der Waals surface area contributed by atoms with Crippen LogP contribution >= 0.6 is 0 Å². The number of carbonyl (C=O) groups is 3. The van der Waals surface area contributed by atoms with Gasteiger partial charge in [-0.2, -0.15) is 0 Å². The number of carboxylic acids is 1. The molecule has 2 atom stereocenters. The molecule has 3 aromatic carbocycles. The van der Waals surface area contributed by atoms with Crippen LogP contribution in [0.5, 0.6) is 11.5 Å². The lowest BCUT2D eigenvalue weighted by molar-refractivity contribution is -0.165. The zero-order valence-electron chi connectivity index (χ0n) is 24.5. The second kappa shape index (κ2) is 11.7. The highest BCUT2D eigenvalue weighted by Gasteiger charge is 2.58. The fourth-order valence-electron chi connectivity index (χ4n) is 7.98. The lowest BCUT2D eigenvalue weighted by atomic mass is 9.45. The van der Waals surface area contributed by atoms with Crippen LogP contribution in [0, 0.1) is 30.6 Å². The number of aromatic carboxylic acids is 1. The summed E-state index contributed by atoms with van der Waals surface area (Å²) < 4.78 is 16.8. The number of esters is 1. The van der Waals surface area contributed by atoms with E-state index in [1.165, 1.54) is 11.6 Å². The third-order valence-corrected chi connectivity index (χ3v) is 9.76. The van der Waals surface area contributed by atoms with Crippen molar-refractivity contribution in [3.05, 3.63) is 89.0 Å². The second-order valence-corrected chi connectivity index (χ2v) is 12.4. The van der Waals surface area contributed by atoms with E-state index in [2.05, 4.69) is 17.4 Å². The van der Waals surface area contributed by atoms with Crippen LogP contribution in [0.4, 0.5) is 5.69 Å². The molecule has 7 rings (SSSR count). The summed E-state index contributed by atoms with van der Waals surface area (Å²) in [4.78, 5) is 37.2. The van der Waals surface area contributed by atoms with Crippen LogP contribution in [0.2, 0.25) is 0 Å². The monoisotopic (exact) mass is 583 g/mol. The van der Waals surface area contributed by atoms with Crippen LogP contribution in [0.3, 0.4) is 0 Å².